The number of carbonyl (C=O) groups is 1. The molecule has 120 valence electrons. The summed E-state index contributed by atoms with van der Waals surface area (Å²) in [5.41, 5.74) is 1.99. The Kier molecular flexibility index (Phi) is 4.61. The number of pyridine rings is 1. The minimum atomic E-state index is -0.214. The number of methoxy groups -OCH3 is 1. The highest BCUT2D eigenvalue weighted by molar-refractivity contribution is 5.74. The van der Waals surface area contributed by atoms with Gasteiger partial charge in [-0.05, 0) is 41.8 Å². The van der Waals surface area contributed by atoms with E-state index in [2.05, 4.69) is 15.6 Å². The first-order chi connectivity index (χ1) is 11.2. The van der Waals surface area contributed by atoms with Gasteiger partial charge in [-0.25, -0.2) is 4.79 Å². The van der Waals surface area contributed by atoms with Crippen LogP contribution in [0.1, 0.15) is 11.1 Å². The van der Waals surface area contributed by atoms with E-state index in [0.717, 1.165) is 22.6 Å². The van der Waals surface area contributed by atoms with Gasteiger partial charge in [-0.15, -0.1) is 0 Å². The number of urea groups is 1. The van der Waals surface area contributed by atoms with Crippen LogP contribution in [0.15, 0.2) is 42.7 Å². The molecule has 3 rings (SSSR count). The third-order valence-electron chi connectivity index (χ3n) is 3.69. The van der Waals surface area contributed by atoms with Crippen molar-refractivity contribution in [2.75, 3.05) is 13.7 Å². The molecular weight excluding hydrogens is 294 g/mol. The molecule has 1 aromatic carbocycles. The molecule has 1 aliphatic heterocycles. The van der Waals surface area contributed by atoms with Crippen LogP contribution in [0.4, 0.5) is 4.79 Å². The molecule has 0 saturated heterocycles. The van der Waals surface area contributed by atoms with Crippen molar-refractivity contribution >= 4 is 6.03 Å². The Morgan fingerprint density at radius 2 is 2.35 bits per heavy atom. The quantitative estimate of drug-likeness (QED) is 0.904. The minimum Gasteiger partial charge on any atom is -0.497 e. The van der Waals surface area contributed by atoms with Gasteiger partial charge in [0.25, 0.3) is 0 Å². The summed E-state index contributed by atoms with van der Waals surface area (Å²) in [6.45, 7) is 0.900. The van der Waals surface area contributed by atoms with Gasteiger partial charge in [-0.2, -0.15) is 0 Å². The van der Waals surface area contributed by atoms with E-state index in [1.165, 1.54) is 0 Å². The number of hydrogen-bond acceptors (Lipinski definition) is 4. The molecule has 0 bridgehead atoms. The number of benzene rings is 1. The zero-order valence-corrected chi connectivity index (χ0v) is 12.9. The number of fused-ring (bicyclic) bond motifs is 1. The third kappa shape index (κ3) is 3.91. The Morgan fingerprint density at radius 1 is 1.43 bits per heavy atom. The number of hydrogen-bond donors (Lipinski definition) is 2. The van der Waals surface area contributed by atoms with E-state index in [-0.39, 0.29) is 12.1 Å². The van der Waals surface area contributed by atoms with E-state index in [1.54, 1.807) is 19.5 Å². The third-order valence-corrected chi connectivity index (χ3v) is 3.69. The Balaban J connectivity index is 1.53. The van der Waals surface area contributed by atoms with Gasteiger partial charge >= 0.3 is 6.03 Å². The molecule has 0 spiro atoms. The maximum Gasteiger partial charge on any atom is 0.315 e. The lowest BCUT2D eigenvalue weighted by atomic mass is 10.0. The molecule has 2 heterocycles. The van der Waals surface area contributed by atoms with E-state index in [1.807, 2.05) is 30.3 Å². The maximum absolute atomic E-state index is 12.0. The lowest BCUT2D eigenvalue weighted by molar-refractivity contribution is 0.214. The lowest BCUT2D eigenvalue weighted by Gasteiger charge is -2.26. The van der Waals surface area contributed by atoms with Crippen LogP contribution in [0.25, 0.3) is 0 Å². The topological polar surface area (TPSA) is 72.5 Å². The predicted molar refractivity (Wildman–Crippen MR) is 85.6 cm³/mol. The Morgan fingerprint density at radius 3 is 3.13 bits per heavy atom. The van der Waals surface area contributed by atoms with Crippen molar-refractivity contribution in [2.24, 2.45) is 0 Å². The van der Waals surface area contributed by atoms with Crippen LogP contribution in [0.2, 0.25) is 0 Å². The molecular formula is C17H19N3O3. The number of ether oxygens (including phenoxy) is 2. The minimum absolute atomic E-state index is 0.0662. The number of aromatic nitrogens is 1. The average Bonchev–Trinajstić information content (AvgIpc) is 2.60. The van der Waals surface area contributed by atoms with Crippen LogP contribution >= 0.6 is 0 Å². The summed E-state index contributed by atoms with van der Waals surface area (Å²) >= 11 is 0. The number of amides is 2. The first-order valence-corrected chi connectivity index (χ1v) is 7.47. The van der Waals surface area contributed by atoms with Crippen molar-refractivity contribution in [3.05, 3.63) is 53.9 Å². The van der Waals surface area contributed by atoms with Gasteiger partial charge in [0.05, 0.1) is 13.2 Å². The summed E-state index contributed by atoms with van der Waals surface area (Å²) in [5, 5.41) is 5.75. The molecule has 2 aromatic rings. The number of nitrogens with one attached hydrogen (secondary N) is 2. The SMILES string of the molecule is COc1ccc2c(c1)CC(NC(=O)NCc1cccnc1)CO2. The van der Waals surface area contributed by atoms with E-state index in [9.17, 15) is 4.79 Å². The second kappa shape index (κ2) is 7.00. The van der Waals surface area contributed by atoms with E-state index in [4.69, 9.17) is 9.47 Å². The second-order valence-electron chi connectivity index (χ2n) is 5.37. The Bertz CT molecular complexity index is 676. The van der Waals surface area contributed by atoms with E-state index < -0.39 is 0 Å². The molecule has 2 amide bonds. The summed E-state index contributed by atoms with van der Waals surface area (Å²) in [5.74, 6) is 1.63. The fourth-order valence-electron chi connectivity index (χ4n) is 2.51. The molecule has 6 heteroatoms. The monoisotopic (exact) mass is 313 g/mol. The summed E-state index contributed by atoms with van der Waals surface area (Å²) in [6, 6.07) is 9.18. The van der Waals surface area contributed by atoms with Crippen molar-refractivity contribution in [1.29, 1.82) is 0 Å². The van der Waals surface area contributed by atoms with Crippen LogP contribution in [-0.2, 0) is 13.0 Å². The van der Waals surface area contributed by atoms with Gasteiger partial charge in [-0.3, -0.25) is 4.98 Å². The van der Waals surface area contributed by atoms with Crippen molar-refractivity contribution in [2.45, 2.75) is 19.0 Å². The van der Waals surface area contributed by atoms with Gasteiger partial charge in [-0.1, -0.05) is 6.07 Å². The molecule has 0 radical (unpaired) electrons. The Hall–Kier alpha value is -2.76. The first-order valence-electron chi connectivity index (χ1n) is 7.47. The summed E-state index contributed by atoms with van der Waals surface area (Å²) in [4.78, 5) is 16.0. The van der Waals surface area contributed by atoms with E-state index in [0.29, 0.717) is 19.6 Å². The number of rotatable bonds is 4. The standard InChI is InChI=1S/C17H19N3O3/c1-22-15-4-5-16-13(8-15)7-14(11-23-16)20-17(21)19-10-12-3-2-6-18-9-12/h2-6,8-9,14H,7,10-11H2,1H3,(H2,19,20,21). The molecule has 1 aromatic heterocycles. The van der Waals surface area contributed by atoms with Crippen LogP contribution < -0.4 is 20.1 Å². The molecule has 0 aliphatic carbocycles. The highest BCUT2D eigenvalue weighted by Crippen LogP contribution is 2.28. The molecule has 23 heavy (non-hydrogen) atoms. The zero-order chi connectivity index (χ0) is 16.1. The van der Waals surface area contributed by atoms with Crippen LogP contribution in [0, 0.1) is 0 Å². The normalized spacial score (nSPS) is 16.0. The summed E-state index contributed by atoms with van der Waals surface area (Å²) < 4.78 is 10.9. The predicted octanol–water partition coefficient (Wildman–Crippen LogP) is 1.89. The largest absolute Gasteiger partial charge is 0.497 e. The molecule has 0 saturated carbocycles. The highest BCUT2D eigenvalue weighted by atomic mass is 16.5. The van der Waals surface area contributed by atoms with Crippen molar-refractivity contribution in [3.8, 4) is 11.5 Å². The fraction of sp³-hybridized carbons (Fsp3) is 0.294. The first kappa shape index (κ1) is 15.1. The molecule has 1 unspecified atom stereocenters. The smallest absolute Gasteiger partial charge is 0.315 e. The maximum atomic E-state index is 12.0. The highest BCUT2D eigenvalue weighted by Gasteiger charge is 2.21. The van der Waals surface area contributed by atoms with Crippen molar-refractivity contribution in [1.82, 2.24) is 15.6 Å². The Labute approximate surface area is 134 Å². The second-order valence-corrected chi connectivity index (χ2v) is 5.37. The zero-order valence-electron chi connectivity index (χ0n) is 12.9. The van der Waals surface area contributed by atoms with Crippen LogP contribution in [-0.4, -0.2) is 30.8 Å². The molecule has 2 N–H and O–H groups in total. The van der Waals surface area contributed by atoms with E-state index >= 15 is 0 Å². The van der Waals surface area contributed by atoms with Gasteiger partial charge < -0.3 is 20.1 Å². The number of nitrogens with zero attached hydrogens (tertiary/aromatic N) is 1. The summed E-state index contributed by atoms with van der Waals surface area (Å²) in [6.07, 6.45) is 4.15. The lowest BCUT2D eigenvalue weighted by Crippen LogP contribution is -2.47. The average molecular weight is 313 g/mol. The van der Waals surface area contributed by atoms with Crippen molar-refractivity contribution < 1.29 is 14.3 Å². The van der Waals surface area contributed by atoms with Crippen LogP contribution in [0.3, 0.4) is 0 Å². The van der Waals surface area contributed by atoms with Gasteiger partial charge in [0, 0.05) is 18.9 Å². The molecule has 1 atom stereocenters. The van der Waals surface area contributed by atoms with Gasteiger partial charge in [0.15, 0.2) is 0 Å². The fourth-order valence-corrected chi connectivity index (χ4v) is 2.51. The van der Waals surface area contributed by atoms with Gasteiger partial charge in [0.2, 0.25) is 0 Å². The van der Waals surface area contributed by atoms with Crippen molar-refractivity contribution in [3.63, 3.8) is 0 Å². The molecule has 0 fully saturated rings. The summed E-state index contributed by atoms with van der Waals surface area (Å²) in [7, 11) is 1.63. The van der Waals surface area contributed by atoms with Crippen LogP contribution in [0.5, 0.6) is 11.5 Å². The van der Waals surface area contributed by atoms with Gasteiger partial charge in [0.1, 0.15) is 18.1 Å². The number of carbonyl (C=O) groups excluding carboxylic acids is 1. The molecule has 1 aliphatic rings. The molecule has 6 nitrogen and oxygen atoms in total.